The molecule has 1 saturated carbocycles. The summed E-state index contributed by atoms with van der Waals surface area (Å²) in [6, 6.07) is 1.84. The van der Waals surface area contributed by atoms with Crippen molar-refractivity contribution in [1.82, 2.24) is 9.78 Å². The highest BCUT2D eigenvalue weighted by Crippen LogP contribution is 2.44. The number of methoxy groups -OCH3 is 1. The number of nitrogens with zero attached hydrogens (tertiary/aromatic N) is 2. The Balaban J connectivity index is 1.83. The van der Waals surface area contributed by atoms with E-state index in [9.17, 15) is 4.79 Å². The molecule has 1 aromatic rings. The minimum atomic E-state index is -0.628. The highest BCUT2D eigenvalue weighted by atomic mass is 16.7. The topological polar surface area (TPSA) is 62.6 Å². The number of carbonyl (C=O) groups excluding carboxylic acids is 1. The van der Waals surface area contributed by atoms with Gasteiger partial charge in [-0.25, -0.2) is 4.79 Å². The van der Waals surface area contributed by atoms with Crippen molar-refractivity contribution in [3.63, 3.8) is 0 Å². The molecule has 1 aliphatic heterocycles. The predicted molar refractivity (Wildman–Crippen MR) is 77.2 cm³/mol. The third-order valence-electron chi connectivity index (χ3n) is 4.83. The molecule has 114 valence electrons. The average Bonchev–Trinajstić information content (AvgIpc) is 2.99. The lowest BCUT2D eigenvalue weighted by Gasteiger charge is -2.32. The van der Waals surface area contributed by atoms with Crippen LogP contribution in [0.3, 0.4) is 0 Å². The summed E-state index contributed by atoms with van der Waals surface area (Å²) in [5, 5.41) is 4.49. The van der Waals surface area contributed by atoms with Gasteiger partial charge in [0.25, 0.3) is 0 Å². The van der Waals surface area contributed by atoms with Crippen molar-refractivity contribution in [3.05, 3.63) is 12.3 Å². The quantitative estimate of drug-likeness (QED) is 0.610. The van der Waals surface area contributed by atoms with E-state index in [2.05, 4.69) is 5.10 Å². The number of hydrogen-bond acceptors (Lipinski definition) is 5. The van der Waals surface area contributed by atoms with E-state index in [-0.39, 0.29) is 5.97 Å². The smallest absolute Gasteiger partial charge is 0.467 e. The number of hydrogen-bond donors (Lipinski definition) is 0. The summed E-state index contributed by atoms with van der Waals surface area (Å²) in [7, 11) is 0.894. The summed E-state index contributed by atoms with van der Waals surface area (Å²) in [5.41, 5.74) is -0.748. The maximum Gasteiger partial charge on any atom is 0.516 e. The fourth-order valence-electron chi connectivity index (χ4n) is 2.50. The Morgan fingerprint density at radius 1 is 1.29 bits per heavy atom. The van der Waals surface area contributed by atoms with Gasteiger partial charge in [0.15, 0.2) is 5.54 Å². The zero-order valence-corrected chi connectivity index (χ0v) is 13.2. The lowest BCUT2D eigenvalue weighted by molar-refractivity contribution is -0.146. The molecule has 1 aliphatic carbocycles. The molecule has 0 radical (unpaired) electrons. The zero-order chi connectivity index (χ0) is 15.5. The van der Waals surface area contributed by atoms with Crippen LogP contribution in [0.5, 0.6) is 0 Å². The van der Waals surface area contributed by atoms with Crippen LogP contribution in [0.1, 0.15) is 40.5 Å². The Morgan fingerprint density at radius 2 is 1.86 bits per heavy atom. The molecule has 0 amide bonds. The van der Waals surface area contributed by atoms with Gasteiger partial charge in [0, 0.05) is 6.20 Å². The van der Waals surface area contributed by atoms with Crippen LogP contribution in [0.2, 0.25) is 0 Å². The summed E-state index contributed by atoms with van der Waals surface area (Å²) in [5.74, 6) is -0.244. The fraction of sp³-hybridized carbons (Fsp3) is 0.714. The van der Waals surface area contributed by atoms with Crippen LogP contribution >= 0.6 is 0 Å². The van der Waals surface area contributed by atoms with Gasteiger partial charge in [-0.1, -0.05) is 0 Å². The van der Waals surface area contributed by atoms with Crippen LogP contribution in [0, 0.1) is 0 Å². The van der Waals surface area contributed by atoms with E-state index in [1.54, 1.807) is 10.9 Å². The minimum Gasteiger partial charge on any atom is -0.467 e. The minimum absolute atomic E-state index is 0.244. The second-order valence-corrected chi connectivity index (χ2v) is 6.80. The molecule has 0 atom stereocenters. The van der Waals surface area contributed by atoms with E-state index in [4.69, 9.17) is 14.0 Å². The molecule has 0 unspecified atom stereocenters. The van der Waals surface area contributed by atoms with Gasteiger partial charge in [-0.05, 0) is 46.6 Å². The molecule has 6 nitrogen and oxygen atoms in total. The van der Waals surface area contributed by atoms with E-state index >= 15 is 0 Å². The maximum atomic E-state index is 11.9. The largest absolute Gasteiger partial charge is 0.516 e. The van der Waals surface area contributed by atoms with Crippen LogP contribution in [-0.4, -0.2) is 41.2 Å². The molecular formula is C14H21BN2O4. The molecule has 2 aliphatic rings. The zero-order valence-electron chi connectivity index (χ0n) is 13.2. The first kappa shape index (κ1) is 14.6. The van der Waals surface area contributed by atoms with E-state index in [0.717, 1.165) is 12.8 Å². The van der Waals surface area contributed by atoms with Crippen molar-refractivity contribution >= 4 is 18.7 Å². The molecule has 2 heterocycles. The number of esters is 1. The van der Waals surface area contributed by atoms with Crippen molar-refractivity contribution in [2.45, 2.75) is 57.3 Å². The van der Waals surface area contributed by atoms with Crippen LogP contribution in [0.4, 0.5) is 0 Å². The van der Waals surface area contributed by atoms with Crippen LogP contribution in [0.15, 0.2) is 12.3 Å². The van der Waals surface area contributed by atoms with Gasteiger partial charge in [0.2, 0.25) is 0 Å². The predicted octanol–water partition coefficient (Wildman–Crippen LogP) is 0.844. The van der Waals surface area contributed by atoms with E-state index in [1.165, 1.54) is 7.11 Å². The first-order valence-electron chi connectivity index (χ1n) is 7.22. The van der Waals surface area contributed by atoms with E-state index < -0.39 is 23.9 Å². The molecule has 0 bridgehead atoms. The number of aromatic nitrogens is 2. The normalized spacial score (nSPS) is 24.9. The SMILES string of the molecule is COC(=O)C1(n2ccc(B3OC(C)(C)C(C)(C)O3)n2)CC1. The molecule has 0 N–H and O–H groups in total. The monoisotopic (exact) mass is 292 g/mol. The van der Waals surface area contributed by atoms with E-state index in [1.807, 2.05) is 33.8 Å². The van der Waals surface area contributed by atoms with Crippen LogP contribution in [-0.2, 0) is 24.4 Å². The molecule has 1 saturated heterocycles. The second-order valence-electron chi connectivity index (χ2n) is 6.80. The molecule has 3 rings (SSSR count). The van der Waals surface area contributed by atoms with E-state index in [0.29, 0.717) is 5.59 Å². The van der Waals surface area contributed by atoms with Gasteiger partial charge < -0.3 is 14.0 Å². The molecule has 7 heteroatoms. The Labute approximate surface area is 124 Å². The summed E-state index contributed by atoms with van der Waals surface area (Å²) in [6.45, 7) is 8.00. The lowest BCUT2D eigenvalue weighted by atomic mass is 9.85. The second kappa shape index (κ2) is 4.33. The summed E-state index contributed by atoms with van der Waals surface area (Å²) in [4.78, 5) is 11.9. The standard InChI is InChI=1S/C14H21BN2O4/c1-12(2)13(3,4)21-15(20-12)10-6-9-17(16-10)14(7-8-14)11(18)19-5/h6,9H,7-8H2,1-5H3. The Hall–Kier alpha value is -1.34. The molecule has 0 spiro atoms. The summed E-state index contributed by atoms with van der Waals surface area (Å²) in [6.07, 6.45) is 3.30. The number of ether oxygens (including phenoxy) is 1. The Kier molecular flexibility index (Phi) is 3.01. The van der Waals surface area contributed by atoms with Gasteiger partial charge in [0.1, 0.15) is 0 Å². The van der Waals surface area contributed by atoms with Crippen molar-refractivity contribution in [3.8, 4) is 0 Å². The molecular weight excluding hydrogens is 271 g/mol. The maximum absolute atomic E-state index is 11.9. The third-order valence-corrected chi connectivity index (χ3v) is 4.83. The molecule has 21 heavy (non-hydrogen) atoms. The van der Waals surface area contributed by atoms with Crippen LogP contribution in [0.25, 0.3) is 0 Å². The molecule has 1 aromatic heterocycles. The van der Waals surface area contributed by atoms with Gasteiger partial charge in [-0.2, -0.15) is 5.10 Å². The molecule has 2 fully saturated rings. The number of carbonyl (C=O) groups is 1. The van der Waals surface area contributed by atoms with Crippen molar-refractivity contribution in [2.24, 2.45) is 0 Å². The van der Waals surface area contributed by atoms with Gasteiger partial charge in [-0.3, -0.25) is 4.68 Å². The molecule has 0 aromatic carbocycles. The first-order chi connectivity index (χ1) is 9.72. The van der Waals surface area contributed by atoms with Gasteiger partial charge >= 0.3 is 13.1 Å². The first-order valence-corrected chi connectivity index (χ1v) is 7.22. The average molecular weight is 292 g/mol. The Bertz CT molecular complexity index is 561. The van der Waals surface area contributed by atoms with Crippen molar-refractivity contribution in [1.29, 1.82) is 0 Å². The van der Waals surface area contributed by atoms with Gasteiger partial charge in [-0.15, -0.1) is 0 Å². The lowest BCUT2D eigenvalue weighted by Crippen LogP contribution is -2.41. The highest BCUT2D eigenvalue weighted by molar-refractivity contribution is 6.61. The van der Waals surface area contributed by atoms with Crippen molar-refractivity contribution in [2.75, 3.05) is 7.11 Å². The Morgan fingerprint density at radius 3 is 2.33 bits per heavy atom. The van der Waals surface area contributed by atoms with Crippen molar-refractivity contribution < 1.29 is 18.8 Å². The summed E-state index contributed by atoms with van der Waals surface area (Å²) >= 11 is 0. The van der Waals surface area contributed by atoms with Gasteiger partial charge in [0.05, 0.1) is 23.9 Å². The summed E-state index contributed by atoms with van der Waals surface area (Å²) < 4.78 is 18.5. The fourth-order valence-corrected chi connectivity index (χ4v) is 2.50. The van der Waals surface area contributed by atoms with Crippen LogP contribution < -0.4 is 5.59 Å². The highest BCUT2D eigenvalue weighted by Gasteiger charge is 2.56. The third kappa shape index (κ3) is 2.10. The number of rotatable bonds is 3.